The fourth-order valence-corrected chi connectivity index (χ4v) is 1.49. The molecule has 16 heavy (non-hydrogen) atoms. The summed E-state index contributed by atoms with van der Waals surface area (Å²) in [6.07, 6.45) is 0.234. The van der Waals surface area contributed by atoms with Crippen LogP contribution >= 0.6 is 0 Å². The van der Waals surface area contributed by atoms with Crippen molar-refractivity contribution in [2.24, 2.45) is 5.84 Å². The lowest BCUT2D eigenvalue weighted by molar-refractivity contribution is -0.120. The molecule has 0 unspecified atom stereocenters. The SMILES string of the molecule is COc1cc(C(C)C)ccc1CC(=O)NN. The van der Waals surface area contributed by atoms with E-state index in [0.29, 0.717) is 5.92 Å². The zero-order valence-electron chi connectivity index (χ0n) is 9.91. The quantitative estimate of drug-likeness (QED) is 0.459. The Morgan fingerprint density at radius 3 is 2.69 bits per heavy atom. The van der Waals surface area contributed by atoms with Crippen LogP contribution in [0, 0.1) is 0 Å². The number of hydrogen-bond donors (Lipinski definition) is 2. The van der Waals surface area contributed by atoms with Crippen LogP contribution in [0.5, 0.6) is 5.75 Å². The lowest BCUT2D eigenvalue weighted by Crippen LogP contribution is -2.31. The van der Waals surface area contributed by atoms with Crippen molar-refractivity contribution < 1.29 is 9.53 Å². The number of ether oxygens (including phenoxy) is 1. The Balaban J connectivity index is 2.97. The van der Waals surface area contributed by atoms with Crippen molar-refractivity contribution in [3.8, 4) is 5.75 Å². The van der Waals surface area contributed by atoms with Crippen molar-refractivity contribution in [2.75, 3.05) is 7.11 Å². The summed E-state index contributed by atoms with van der Waals surface area (Å²) in [4.78, 5) is 11.2. The van der Waals surface area contributed by atoms with Crippen molar-refractivity contribution in [2.45, 2.75) is 26.2 Å². The monoisotopic (exact) mass is 222 g/mol. The topological polar surface area (TPSA) is 64.3 Å². The summed E-state index contributed by atoms with van der Waals surface area (Å²) in [6, 6.07) is 5.87. The van der Waals surface area contributed by atoms with Gasteiger partial charge in [0.2, 0.25) is 5.91 Å². The number of methoxy groups -OCH3 is 1. The van der Waals surface area contributed by atoms with Crippen LogP contribution in [0.15, 0.2) is 18.2 Å². The van der Waals surface area contributed by atoms with E-state index in [4.69, 9.17) is 10.6 Å². The molecule has 1 aromatic rings. The van der Waals surface area contributed by atoms with Crippen LogP contribution in [0.2, 0.25) is 0 Å². The van der Waals surface area contributed by atoms with Gasteiger partial charge in [0.15, 0.2) is 0 Å². The van der Waals surface area contributed by atoms with Crippen LogP contribution in [0.25, 0.3) is 0 Å². The minimum absolute atomic E-state index is 0.226. The van der Waals surface area contributed by atoms with E-state index in [0.717, 1.165) is 11.3 Å². The van der Waals surface area contributed by atoms with Gasteiger partial charge < -0.3 is 4.74 Å². The maximum Gasteiger partial charge on any atom is 0.238 e. The maximum absolute atomic E-state index is 11.2. The molecule has 0 aromatic heterocycles. The van der Waals surface area contributed by atoms with Gasteiger partial charge in [0.05, 0.1) is 13.5 Å². The first-order chi connectivity index (χ1) is 7.58. The van der Waals surface area contributed by atoms with Crippen molar-refractivity contribution in [1.29, 1.82) is 0 Å². The fraction of sp³-hybridized carbons (Fsp3) is 0.417. The zero-order chi connectivity index (χ0) is 12.1. The molecule has 4 nitrogen and oxygen atoms in total. The van der Waals surface area contributed by atoms with E-state index in [9.17, 15) is 4.79 Å². The fourth-order valence-electron chi connectivity index (χ4n) is 1.49. The molecule has 0 aliphatic carbocycles. The molecule has 4 heteroatoms. The smallest absolute Gasteiger partial charge is 0.238 e. The number of rotatable bonds is 4. The lowest BCUT2D eigenvalue weighted by Gasteiger charge is -2.12. The Morgan fingerprint density at radius 2 is 2.19 bits per heavy atom. The van der Waals surface area contributed by atoms with Crippen LogP contribution in [-0.2, 0) is 11.2 Å². The van der Waals surface area contributed by atoms with Gasteiger partial charge in [-0.25, -0.2) is 5.84 Å². The average molecular weight is 222 g/mol. The number of carbonyl (C=O) groups excluding carboxylic acids is 1. The highest BCUT2D eigenvalue weighted by Crippen LogP contribution is 2.24. The van der Waals surface area contributed by atoms with E-state index >= 15 is 0 Å². The third-order valence-electron chi connectivity index (χ3n) is 2.49. The second-order valence-electron chi connectivity index (χ2n) is 3.97. The molecular formula is C12H18N2O2. The van der Waals surface area contributed by atoms with Crippen molar-refractivity contribution in [3.63, 3.8) is 0 Å². The first kappa shape index (κ1) is 12.5. The molecule has 3 N–H and O–H groups in total. The summed E-state index contributed by atoms with van der Waals surface area (Å²) < 4.78 is 5.26. The standard InChI is InChI=1S/C12H18N2O2/c1-8(2)9-4-5-10(7-12(15)14-13)11(6-9)16-3/h4-6,8H,7,13H2,1-3H3,(H,14,15). The highest BCUT2D eigenvalue weighted by atomic mass is 16.5. The number of hydrogen-bond acceptors (Lipinski definition) is 3. The van der Waals surface area contributed by atoms with Gasteiger partial charge in [-0.15, -0.1) is 0 Å². The molecule has 0 atom stereocenters. The molecule has 0 saturated heterocycles. The van der Waals surface area contributed by atoms with E-state index in [1.54, 1.807) is 7.11 Å². The molecule has 88 valence electrons. The predicted molar refractivity (Wildman–Crippen MR) is 63.1 cm³/mol. The number of carbonyl (C=O) groups is 1. The summed E-state index contributed by atoms with van der Waals surface area (Å²) in [5.41, 5.74) is 4.14. The van der Waals surface area contributed by atoms with Crippen molar-refractivity contribution >= 4 is 5.91 Å². The summed E-state index contributed by atoms with van der Waals surface area (Å²) in [5.74, 6) is 5.99. The van der Waals surface area contributed by atoms with E-state index in [-0.39, 0.29) is 12.3 Å². The number of benzene rings is 1. The van der Waals surface area contributed by atoms with E-state index < -0.39 is 0 Å². The third-order valence-corrected chi connectivity index (χ3v) is 2.49. The number of hydrazine groups is 1. The van der Waals surface area contributed by atoms with Gasteiger partial charge in [-0.2, -0.15) is 0 Å². The van der Waals surface area contributed by atoms with Crippen LogP contribution in [-0.4, -0.2) is 13.0 Å². The molecule has 0 saturated carbocycles. The average Bonchev–Trinajstić information content (AvgIpc) is 2.29. The third kappa shape index (κ3) is 2.97. The summed E-state index contributed by atoms with van der Waals surface area (Å²) in [6.45, 7) is 4.22. The molecule has 0 radical (unpaired) electrons. The van der Waals surface area contributed by atoms with Gasteiger partial charge >= 0.3 is 0 Å². The van der Waals surface area contributed by atoms with Gasteiger partial charge in [0.1, 0.15) is 5.75 Å². The zero-order valence-corrected chi connectivity index (χ0v) is 9.91. The first-order valence-corrected chi connectivity index (χ1v) is 5.24. The summed E-state index contributed by atoms with van der Waals surface area (Å²) in [5, 5.41) is 0. The molecule has 0 aliphatic rings. The molecule has 0 aliphatic heterocycles. The first-order valence-electron chi connectivity index (χ1n) is 5.24. The molecule has 0 bridgehead atoms. The highest BCUT2D eigenvalue weighted by Gasteiger charge is 2.09. The van der Waals surface area contributed by atoms with Gasteiger partial charge in [-0.1, -0.05) is 26.0 Å². The highest BCUT2D eigenvalue weighted by molar-refractivity contribution is 5.78. The van der Waals surface area contributed by atoms with Crippen LogP contribution in [0.3, 0.4) is 0 Å². The second-order valence-corrected chi connectivity index (χ2v) is 3.97. The molecular weight excluding hydrogens is 204 g/mol. The molecule has 0 fully saturated rings. The Labute approximate surface area is 95.8 Å². The number of amides is 1. The number of nitrogens with one attached hydrogen (secondary N) is 1. The largest absolute Gasteiger partial charge is 0.496 e. The molecule has 1 amide bonds. The molecule has 0 heterocycles. The van der Waals surface area contributed by atoms with Gasteiger partial charge in [-0.05, 0) is 17.5 Å². The van der Waals surface area contributed by atoms with Gasteiger partial charge in [0.25, 0.3) is 0 Å². The maximum atomic E-state index is 11.2. The van der Waals surface area contributed by atoms with Crippen molar-refractivity contribution in [1.82, 2.24) is 5.43 Å². The minimum atomic E-state index is -0.226. The second kappa shape index (κ2) is 5.51. The van der Waals surface area contributed by atoms with Crippen LogP contribution in [0.1, 0.15) is 30.9 Å². The molecule has 0 spiro atoms. The van der Waals surface area contributed by atoms with Crippen molar-refractivity contribution in [3.05, 3.63) is 29.3 Å². The Hall–Kier alpha value is -1.55. The van der Waals surface area contributed by atoms with E-state index in [1.165, 1.54) is 5.56 Å². The predicted octanol–water partition coefficient (Wildman–Crippen LogP) is 1.35. The Morgan fingerprint density at radius 1 is 1.50 bits per heavy atom. The van der Waals surface area contributed by atoms with E-state index in [1.807, 2.05) is 18.2 Å². The van der Waals surface area contributed by atoms with Gasteiger partial charge in [0, 0.05) is 5.56 Å². The summed E-state index contributed by atoms with van der Waals surface area (Å²) in [7, 11) is 1.60. The normalized spacial score (nSPS) is 10.3. The Kier molecular flexibility index (Phi) is 4.31. The minimum Gasteiger partial charge on any atom is -0.496 e. The lowest BCUT2D eigenvalue weighted by atomic mass is 10.00. The van der Waals surface area contributed by atoms with E-state index in [2.05, 4.69) is 19.3 Å². The van der Waals surface area contributed by atoms with Crippen LogP contribution in [0.4, 0.5) is 0 Å². The number of nitrogens with two attached hydrogens (primary N) is 1. The molecule has 1 rings (SSSR count). The summed E-state index contributed by atoms with van der Waals surface area (Å²) >= 11 is 0. The van der Waals surface area contributed by atoms with Gasteiger partial charge in [-0.3, -0.25) is 10.2 Å². The van der Waals surface area contributed by atoms with Crippen LogP contribution < -0.4 is 16.0 Å². The Bertz CT molecular complexity index is 375. The molecule has 1 aromatic carbocycles.